The van der Waals surface area contributed by atoms with Crippen molar-refractivity contribution in [2.24, 2.45) is 5.73 Å². The number of sulfonamides is 1. The first-order chi connectivity index (χ1) is 10.3. The molecule has 1 aromatic carbocycles. The Morgan fingerprint density at radius 2 is 1.77 bits per heavy atom. The van der Waals surface area contributed by atoms with Crippen molar-refractivity contribution in [3.05, 3.63) is 46.7 Å². The number of primary amides is 1. The molecule has 0 radical (unpaired) electrons. The number of halogens is 1. The van der Waals surface area contributed by atoms with Gasteiger partial charge >= 0.3 is 0 Å². The van der Waals surface area contributed by atoms with E-state index in [9.17, 15) is 13.2 Å². The monoisotopic (exact) mass is 384 g/mol. The Morgan fingerprint density at radius 1 is 1.23 bits per heavy atom. The van der Waals surface area contributed by atoms with Gasteiger partial charge in [0.2, 0.25) is 11.9 Å². The summed E-state index contributed by atoms with van der Waals surface area (Å²) < 4.78 is 26.8. The molecule has 1 heterocycles. The van der Waals surface area contributed by atoms with Crippen LogP contribution < -0.4 is 10.0 Å². The molecule has 0 unspecified atom stereocenters. The molecule has 9 heteroatoms. The molecule has 116 valence electrons. The van der Waals surface area contributed by atoms with Gasteiger partial charge < -0.3 is 5.73 Å². The van der Waals surface area contributed by atoms with E-state index in [-0.39, 0.29) is 10.8 Å². The SMILES string of the molecule is Cc1ccc(S(=O)(=O)N(CC(N)=O)c2ncc(Br)cn2)cc1. The molecule has 0 aliphatic heterocycles. The summed E-state index contributed by atoms with van der Waals surface area (Å²) in [5, 5.41) is 0. The predicted molar refractivity (Wildman–Crippen MR) is 84.6 cm³/mol. The van der Waals surface area contributed by atoms with Crippen molar-refractivity contribution in [3.8, 4) is 0 Å². The average molecular weight is 385 g/mol. The number of nitrogens with two attached hydrogens (primary N) is 1. The Hall–Kier alpha value is -2.00. The number of aryl methyl sites for hydroxylation is 1. The quantitative estimate of drug-likeness (QED) is 0.833. The van der Waals surface area contributed by atoms with Gasteiger partial charge in [0.05, 0.1) is 9.37 Å². The number of anilines is 1. The van der Waals surface area contributed by atoms with Crippen LogP contribution in [-0.4, -0.2) is 30.8 Å². The fraction of sp³-hybridized carbons (Fsp3) is 0.154. The van der Waals surface area contributed by atoms with Gasteiger partial charge in [-0.2, -0.15) is 0 Å². The smallest absolute Gasteiger partial charge is 0.267 e. The standard InChI is InChI=1S/C13H13BrN4O3S/c1-9-2-4-11(5-3-9)22(20,21)18(8-12(15)19)13-16-6-10(14)7-17-13/h2-7H,8H2,1H3,(H2,15,19). The van der Waals surface area contributed by atoms with E-state index in [1.165, 1.54) is 24.5 Å². The molecule has 22 heavy (non-hydrogen) atoms. The number of nitrogens with zero attached hydrogens (tertiary/aromatic N) is 3. The van der Waals surface area contributed by atoms with Crippen LogP contribution in [0.2, 0.25) is 0 Å². The summed E-state index contributed by atoms with van der Waals surface area (Å²) in [4.78, 5) is 19.1. The molecule has 0 aliphatic carbocycles. The summed E-state index contributed by atoms with van der Waals surface area (Å²) in [6.07, 6.45) is 2.78. The van der Waals surface area contributed by atoms with Gasteiger partial charge in [0, 0.05) is 12.4 Å². The molecule has 2 rings (SSSR count). The van der Waals surface area contributed by atoms with E-state index in [4.69, 9.17) is 5.73 Å². The van der Waals surface area contributed by atoms with E-state index in [1.54, 1.807) is 12.1 Å². The van der Waals surface area contributed by atoms with Crippen LogP contribution in [0.4, 0.5) is 5.95 Å². The maximum Gasteiger partial charge on any atom is 0.267 e. The Morgan fingerprint density at radius 3 is 2.27 bits per heavy atom. The van der Waals surface area contributed by atoms with Gasteiger partial charge in [-0.3, -0.25) is 4.79 Å². The highest BCUT2D eigenvalue weighted by molar-refractivity contribution is 9.10. The molecule has 1 amide bonds. The van der Waals surface area contributed by atoms with Crippen molar-refractivity contribution in [3.63, 3.8) is 0 Å². The molecular formula is C13H13BrN4O3S. The topological polar surface area (TPSA) is 106 Å². The number of hydrogen-bond acceptors (Lipinski definition) is 5. The van der Waals surface area contributed by atoms with Crippen molar-refractivity contribution >= 4 is 37.8 Å². The van der Waals surface area contributed by atoms with E-state index in [0.717, 1.165) is 9.87 Å². The van der Waals surface area contributed by atoms with Crippen LogP contribution in [0.15, 0.2) is 46.0 Å². The normalized spacial score (nSPS) is 11.2. The third kappa shape index (κ3) is 3.60. The van der Waals surface area contributed by atoms with Crippen LogP contribution in [0.3, 0.4) is 0 Å². The van der Waals surface area contributed by atoms with Gasteiger partial charge in [0.25, 0.3) is 10.0 Å². The summed E-state index contributed by atoms with van der Waals surface area (Å²) >= 11 is 3.16. The second kappa shape index (κ2) is 6.41. The Balaban J connectivity index is 2.50. The minimum absolute atomic E-state index is 0.0332. The first-order valence-electron chi connectivity index (χ1n) is 6.16. The molecule has 0 fully saturated rings. The van der Waals surface area contributed by atoms with Gasteiger partial charge in [-0.05, 0) is 35.0 Å². The highest BCUT2D eigenvalue weighted by Gasteiger charge is 2.28. The minimum atomic E-state index is -3.99. The average Bonchev–Trinajstić information content (AvgIpc) is 2.46. The lowest BCUT2D eigenvalue weighted by Crippen LogP contribution is -2.39. The number of carbonyl (C=O) groups is 1. The Labute approximate surface area is 136 Å². The lowest BCUT2D eigenvalue weighted by atomic mass is 10.2. The Kier molecular flexibility index (Phi) is 4.77. The number of benzene rings is 1. The van der Waals surface area contributed by atoms with E-state index in [1.807, 2.05) is 6.92 Å². The molecule has 2 N–H and O–H groups in total. The summed E-state index contributed by atoms with van der Waals surface area (Å²) in [5.74, 6) is -0.926. The highest BCUT2D eigenvalue weighted by Crippen LogP contribution is 2.21. The van der Waals surface area contributed by atoms with Crippen LogP contribution in [-0.2, 0) is 14.8 Å². The van der Waals surface area contributed by atoms with Crippen molar-refractivity contribution in [2.45, 2.75) is 11.8 Å². The van der Waals surface area contributed by atoms with Gasteiger partial charge in [0.15, 0.2) is 0 Å². The van der Waals surface area contributed by atoms with Gasteiger partial charge in [-0.1, -0.05) is 17.7 Å². The van der Waals surface area contributed by atoms with E-state index in [0.29, 0.717) is 4.47 Å². The zero-order chi connectivity index (χ0) is 16.3. The number of aromatic nitrogens is 2. The molecule has 0 spiro atoms. The lowest BCUT2D eigenvalue weighted by Gasteiger charge is -2.20. The van der Waals surface area contributed by atoms with Crippen molar-refractivity contribution in [1.29, 1.82) is 0 Å². The van der Waals surface area contributed by atoms with Crippen LogP contribution >= 0.6 is 15.9 Å². The summed E-state index contributed by atoms with van der Waals surface area (Å²) in [6, 6.07) is 6.24. The molecule has 0 atom stereocenters. The van der Waals surface area contributed by atoms with Crippen molar-refractivity contribution in [2.75, 3.05) is 10.8 Å². The molecule has 1 aromatic heterocycles. The third-order valence-electron chi connectivity index (χ3n) is 2.74. The van der Waals surface area contributed by atoms with Crippen molar-refractivity contribution in [1.82, 2.24) is 9.97 Å². The maximum absolute atomic E-state index is 12.7. The lowest BCUT2D eigenvalue weighted by molar-refractivity contribution is -0.116. The molecule has 0 bridgehead atoms. The van der Waals surface area contributed by atoms with E-state index >= 15 is 0 Å². The van der Waals surface area contributed by atoms with E-state index < -0.39 is 22.5 Å². The van der Waals surface area contributed by atoms with E-state index in [2.05, 4.69) is 25.9 Å². The third-order valence-corrected chi connectivity index (χ3v) is 4.89. The number of rotatable bonds is 5. The van der Waals surface area contributed by atoms with Crippen LogP contribution in [0.5, 0.6) is 0 Å². The summed E-state index contributed by atoms with van der Waals surface area (Å²) in [5.41, 5.74) is 6.07. The number of amides is 1. The second-order valence-electron chi connectivity index (χ2n) is 4.49. The first kappa shape index (κ1) is 16.4. The fourth-order valence-electron chi connectivity index (χ4n) is 1.68. The number of carbonyl (C=O) groups excluding carboxylic acids is 1. The first-order valence-corrected chi connectivity index (χ1v) is 8.39. The molecule has 0 saturated carbocycles. The number of hydrogen-bond donors (Lipinski definition) is 1. The largest absolute Gasteiger partial charge is 0.368 e. The minimum Gasteiger partial charge on any atom is -0.368 e. The molecular weight excluding hydrogens is 372 g/mol. The molecule has 7 nitrogen and oxygen atoms in total. The van der Waals surface area contributed by atoms with Gasteiger partial charge in [-0.15, -0.1) is 0 Å². The Bertz CT molecular complexity index is 776. The summed E-state index contributed by atoms with van der Waals surface area (Å²) in [6.45, 7) is 1.30. The fourth-order valence-corrected chi connectivity index (χ4v) is 3.22. The second-order valence-corrected chi connectivity index (χ2v) is 7.27. The molecule has 0 aliphatic rings. The van der Waals surface area contributed by atoms with Gasteiger partial charge in [0.1, 0.15) is 6.54 Å². The summed E-state index contributed by atoms with van der Waals surface area (Å²) in [7, 11) is -3.99. The van der Waals surface area contributed by atoms with Crippen molar-refractivity contribution < 1.29 is 13.2 Å². The zero-order valence-electron chi connectivity index (χ0n) is 11.6. The zero-order valence-corrected chi connectivity index (χ0v) is 14.0. The molecule has 0 saturated heterocycles. The van der Waals surface area contributed by atoms with Crippen LogP contribution in [0.1, 0.15) is 5.56 Å². The van der Waals surface area contributed by atoms with Crippen LogP contribution in [0, 0.1) is 6.92 Å². The predicted octanol–water partition coefficient (Wildman–Crippen LogP) is 1.23. The van der Waals surface area contributed by atoms with Gasteiger partial charge in [-0.25, -0.2) is 22.7 Å². The molecule has 2 aromatic rings. The maximum atomic E-state index is 12.7. The highest BCUT2D eigenvalue weighted by atomic mass is 79.9. The van der Waals surface area contributed by atoms with Crippen LogP contribution in [0.25, 0.3) is 0 Å².